The van der Waals surface area contributed by atoms with Crippen LogP contribution in [0.2, 0.25) is 0 Å². The number of rotatable bonds is 8. The van der Waals surface area contributed by atoms with E-state index in [4.69, 9.17) is 14.2 Å². The van der Waals surface area contributed by atoms with Crippen molar-refractivity contribution >= 4 is 11.8 Å². The van der Waals surface area contributed by atoms with Gasteiger partial charge in [-0.05, 0) is 75.8 Å². The molecular formula is C34H44N2O5. The Morgan fingerprint density at radius 3 is 2.22 bits per heavy atom. The molecule has 1 aliphatic carbocycles. The van der Waals surface area contributed by atoms with E-state index in [1.807, 2.05) is 41.8 Å². The van der Waals surface area contributed by atoms with Gasteiger partial charge in [0.15, 0.2) is 0 Å². The maximum absolute atomic E-state index is 13.6. The predicted octanol–water partition coefficient (Wildman–Crippen LogP) is 5.46. The molecule has 2 aromatic carbocycles. The van der Waals surface area contributed by atoms with Crippen molar-refractivity contribution in [3.05, 3.63) is 81.4 Å². The Morgan fingerprint density at radius 1 is 0.951 bits per heavy atom. The summed E-state index contributed by atoms with van der Waals surface area (Å²) in [7, 11) is 5.02. The fraction of sp³-hybridized carbons (Fsp3) is 0.471. The van der Waals surface area contributed by atoms with E-state index in [9.17, 15) is 9.59 Å². The standard InChI is InChI=1S/C34H44N2O5/c1-23-16-24(2)19-28(18-23)33(38)35-12-10-34(11-13-35,36(26(4)37)14-15-39-5)29-8-9-31-27(17-25(3)20-29)21-30(40-6)22-32(31)41-7/h8,16,18-22H,9-15,17H2,1-7H3. The number of hydrogen-bond donors (Lipinski definition) is 0. The molecule has 0 unspecified atom stereocenters. The number of allylic oxidation sites excluding steroid dienone is 2. The highest BCUT2D eigenvalue weighted by Gasteiger charge is 2.44. The predicted molar refractivity (Wildman–Crippen MR) is 162 cm³/mol. The van der Waals surface area contributed by atoms with E-state index in [0.717, 1.165) is 45.7 Å². The van der Waals surface area contributed by atoms with Crippen molar-refractivity contribution in [1.82, 2.24) is 9.80 Å². The zero-order valence-electron chi connectivity index (χ0n) is 25.6. The van der Waals surface area contributed by atoms with E-state index < -0.39 is 5.54 Å². The van der Waals surface area contributed by atoms with Gasteiger partial charge in [-0.15, -0.1) is 0 Å². The largest absolute Gasteiger partial charge is 0.497 e. The number of piperidine rings is 1. The first-order valence-electron chi connectivity index (χ1n) is 14.4. The molecule has 0 bridgehead atoms. The average Bonchev–Trinajstić information content (AvgIpc) is 2.93. The number of carbonyl (C=O) groups excluding carboxylic acids is 2. The molecule has 2 amide bonds. The van der Waals surface area contributed by atoms with Crippen LogP contribution in [0.1, 0.15) is 59.3 Å². The SMILES string of the molecule is COCCN(C(C)=O)C1(C2=CCc3c(cc(OC)cc3OC)CC(C)=C2)CCN(C(=O)c2cc(C)cc(C)c2)CC1. The van der Waals surface area contributed by atoms with Crippen LogP contribution in [0.4, 0.5) is 0 Å². The van der Waals surface area contributed by atoms with Gasteiger partial charge in [0.05, 0.1) is 26.4 Å². The van der Waals surface area contributed by atoms with E-state index in [1.54, 1.807) is 28.3 Å². The van der Waals surface area contributed by atoms with Gasteiger partial charge in [0.2, 0.25) is 5.91 Å². The first-order chi connectivity index (χ1) is 19.6. The Labute approximate surface area is 244 Å². The minimum Gasteiger partial charge on any atom is -0.497 e. The van der Waals surface area contributed by atoms with Crippen LogP contribution < -0.4 is 9.47 Å². The molecule has 0 aromatic heterocycles. The summed E-state index contributed by atoms with van der Waals surface area (Å²) in [5.74, 6) is 1.63. The number of likely N-dealkylation sites (tertiary alicyclic amines) is 1. The van der Waals surface area contributed by atoms with Crippen molar-refractivity contribution in [2.75, 3.05) is 47.6 Å². The number of amides is 2. The third-order valence-corrected chi connectivity index (χ3v) is 8.43. The summed E-state index contributed by atoms with van der Waals surface area (Å²) >= 11 is 0. The van der Waals surface area contributed by atoms with Crippen molar-refractivity contribution in [2.45, 2.75) is 58.9 Å². The zero-order chi connectivity index (χ0) is 29.7. The summed E-state index contributed by atoms with van der Waals surface area (Å²) in [5, 5.41) is 0. The molecule has 7 nitrogen and oxygen atoms in total. The fourth-order valence-corrected chi connectivity index (χ4v) is 6.51. The molecule has 1 saturated heterocycles. The molecule has 1 heterocycles. The highest BCUT2D eigenvalue weighted by molar-refractivity contribution is 5.94. The van der Waals surface area contributed by atoms with E-state index in [0.29, 0.717) is 45.5 Å². The molecule has 0 radical (unpaired) electrons. The monoisotopic (exact) mass is 560 g/mol. The van der Waals surface area contributed by atoms with Crippen molar-refractivity contribution in [3.63, 3.8) is 0 Å². The molecule has 0 saturated carbocycles. The number of carbonyl (C=O) groups is 2. The summed E-state index contributed by atoms with van der Waals surface area (Å²) in [6.45, 7) is 9.85. The lowest BCUT2D eigenvalue weighted by molar-refractivity contribution is -0.136. The minimum absolute atomic E-state index is 0.00728. The van der Waals surface area contributed by atoms with Gasteiger partial charge in [0.25, 0.3) is 5.91 Å². The van der Waals surface area contributed by atoms with Gasteiger partial charge in [-0.2, -0.15) is 0 Å². The van der Waals surface area contributed by atoms with Crippen molar-refractivity contribution in [3.8, 4) is 11.5 Å². The summed E-state index contributed by atoms with van der Waals surface area (Å²) in [5.41, 5.74) is 6.93. The van der Waals surface area contributed by atoms with Gasteiger partial charge >= 0.3 is 0 Å². The lowest BCUT2D eigenvalue weighted by Crippen LogP contribution is -2.59. The molecule has 0 atom stereocenters. The lowest BCUT2D eigenvalue weighted by Gasteiger charge is -2.50. The van der Waals surface area contributed by atoms with Gasteiger partial charge in [-0.3, -0.25) is 9.59 Å². The molecule has 220 valence electrons. The van der Waals surface area contributed by atoms with Crippen LogP contribution >= 0.6 is 0 Å². The number of aryl methyl sites for hydroxylation is 2. The first-order valence-corrected chi connectivity index (χ1v) is 14.4. The van der Waals surface area contributed by atoms with Gasteiger partial charge in [-0.1, -0.05) is 34.9 Å². The number of fused-ring (bicyclic) bond motifs is 1. The Kier molecular flexibility index (Phi) is 9.59. The van der Waals surface area contributed by atoms with E-state index in [-0.39, 0.29) is 11.8 Å². The van der Waals surface area contributed by atoms with E-state index in [1.165, 1.54) is 11.1 Å². The second kappa shape index (κ2) is 12.9. The summed E-state index contributed by atoms with van der Waals surface area (Å²) in [4.78, 5) is 30.7. The van der Waals surface area contributed by atoms with E-state index >= 15 is 0 Å². The van der Waals surface area contributed by atoms with Crippen molar-refractivity contribution < 1.29 is 23.8 Å². The molecule has 7 heteroatoms. The molecule has 2 aromatic rings. The fourth-order valence-electron chi connectivity index (χ4n) is 6.51. The second-order valence-electron chi connectivity index (χ2n) is 11.4. The van der Waals surface area contributed by atoms with Crippen molar-refractivity contribution in [2.24, 2.45) is 0 Å². The topological polar surface area (TPSA) is 68.3 Å². The summed E-state index contributed by atoms with van der Waals surface area (Å²) in [6, 6.07) is 10.0. The van der Waals surface area contributed by atoms with E-state index in [2.05, 4.69) is 31.2 Å². The van der Waals surface area contributed by atoms with Crippen LogP contribution in [-0.2, 0) is 22.4 Å². The van der Waals surface area contributed by atoms with Crippen LogP contribution in [0, 0.1) is 13.8 Å². The van der Waals surface area contributed by atoms with Gasteiger partial charge in [0, 0.05) is 50.9 Å². The van der Waals surface area contributed by atoms with Gasteiger partial charge < -0.3 is 24.0 Å². The second-order valence-corrected chi connectivity index (χ2v) is 11.4. The van der Waals surface area contributed by atoms with Crippen LogP contribution in [-0.4, -0.2) is 74.7 Å². The third-order valence-electron chi connectivity index (χ3n) is 8.43. The Morgan fingerprint density at radius 2 is 1.63 bits per heavy atom. The molecular weight excluding hydrogens is 516 g/mol. The number of hydrogen-bond acceptors (Lipinski definition) is 5. The smallest absolute Gasteiger partial charge is 0.253 e. The summed E-state index contributed by atoms with van der Waals surface area (Å²) in [6.07, 6.45) is 7.22. The molecule has 1 fully saturated rings. The summed E-state index contributed by atoms with van der Waals surface area (Å²) < 4.78 is 16.7. The van der Waals surface area contributed by atoms with Crippen LogP contribution in [0.5, 0.6) is 11.5 Å². The molecule has 2 aliphatic rings. The van der Waals surface area contributed by atoms with Crippen molar-refractivity contribution in [1.29, 1.82) is 0 Å². The van der Waals surface area contributed by atoms with Gasteiger partial charge in [0.1, 0.15) is 11.5 Å². The Balaban J connectivity index is 1.73. The average molecular weight is 561 g/mol. The molecule has 0 N–H and O–H groups in total. The zero-order valence-corrected chi connectivity index (χ0v) is 25.6. The highest BCUT2D eigenvalue weighted by atomic mass is 16.5. The number of ether oxygens (including phenoxy) is 3. The number of methoxy groups -OCH3 is 3. The highest BCUT2D eigenvalue weighted by Crippen LogP contribution is 2.40. The van der Waals surface area contributed by atoms with Gasteiger partial charge in [-0.25, -0.2) is 0 Å². The normalized spacial score (nSPS) is 16.5. The maximum Gasteiger partial charge on any atom is 0.253 e. The molecule has 0 spiro atoms. The Hall–Kier alpha value is -3.58. The number of nitrogens with zero attached hydrogens (tertiary/aromatic N) is 2. The minimum atomic E-state index is -0.553. The van der Waals surface area contributed by atoms with Crippen LogP contribution in [0.15, 0.2) is 53.6 Å². The molecule has 41 heavy (non-hydrogen) atoms. The quantitative estimate of drug-likeness (QED) is 0.429. The molecule has 1 aliphatic heterocycles. The van der Waals surface area contributed by atoms with Crippen LogP contribution in [0.3, 0.4) is 0 Å². The van der Waals surface area contributed by atoms with Crippen LogP contribution in [0.25, 0.3) is 0 Å². The number of benzene rings is 2. The third kappa shape index (κ3) is 6.51. The molecule has 4 rings (SSSR count). The maximum atomic E-state index is 13.6. The Bertz CT molecular complexity index is 1330. The first kappa shape index (κ1) is 30.4. The lowest BCUT2D eigenvalue weighted by atomic mass is 9.76.